The van der Waals surface area contributed by atoms with Gasteiger partial charge in [-0.25, -0.2) is 4.98 Å². The summed E-state index contributed by atoms with van der Waals surface area (Å²) < 4.78 is 5.47. The first kappa shape index (κ1) is 16.7. The summed E-state index contributed by atoms with van der Waals surface area (Å²) in [6, 6.07) is 2.97. The molecule has 0 aliphatic carbocycles. The molecule has 0 saturated carbocycles. The standard InChI is InChI=1S/C17H24N4O3/c1-2-24-15-13(6-5-7-19-15)16(22)21-11-8-18-12-14(21)17(23)20-9-3-4-10-20/h5-7,14,18H,2-4,8-12H2,1H3/t14-/m1/s1. The van der Waals surface area contributed by atoms with Crippen molar-refractivity contribution in [3.05, 3.63) is 23.9 Å². The molecule has 3 heterocycles. The van der Waals surface area contributed by atoms with Crippen molar-refractivity contribution in [3.63, 3.8) is 0 Å². The third-order valence-electron chi connectivity index (χ3n) is 4.49. The second-order valence-electron chi connectivity index (χ2n) is 6.04. The molecule has 1 N–H and O–H groups in total. The van der Waals surface area contributed by atoms with E-state index in [0.29, 0.717) is 37.7 Å². The van der Waals surface area contributed by atoms with Crippen LogP contribution in [0.1, 0.15) is 30.1 Å². The number of carbonyl (C=O) groups is 2. The van der Waals surface area contributed by atoms with Gasteiger partial charge in [-0.3, -0.25) is 9.59 Å². The van der Waals surface area contributed by atoms with Crippen LogP contribution in [-0.2, 0) is 4.79 Å². The van der Waals surface area contributed by atoms with Crippen LogP contribution in [0.3, 0.4) is 0 Å². The molecular weight excluding hydrogens is 308 g/mol. The van der Waals surface area contributed by atoms with Crippen LogP contribution in [0.4, 0.5) is 0 Å². The number of hydrogen-bond acceptors (Lipinski definition) is 5. The van der Waals surface area contributed by atoms with Gasteiger partial charge in [-0.15, -0.1) is 0 Å². The quantitative estimate of drug-likeness (QED) is 0.870. The molecule has 2 amide bonds. The molecule has 7 nitrogen and oxygen atoms in total. The number of ether oxygens (including phenoxy) is 1. The fourth-order valence-electron chi connectivity index (χ4n) is 3.28. The Kier molecular flexibility index (Phi) is 5.30. The fraction of sp³-hybridized carbons (Fsp3) is 0.588. The first-order valence-corrected chi connectivity index (χ1v) is 8.60. The van der Waals surface area contributed by atoms with E-state index in [2.05, 4.69) is 10.3 Å². The number of rotatable bonds is 4. The van der Waals surface area contributed by atoms with Crippen molar-refractivity contribution in [2.75, 3.05) is 39.3 Å². The number of carbonyl (C=O) groups excluding carboxylic acids is 2. The molecular formula is C17H24N4O3. The zero-order valence-corrected chi connectivity index (χ0v) is 14.0. The number of hydrogen-bond donors (Lipinski definition) is 1. The van der Waals surface area contributed by atoms with E-state index in [9.17, 15) is 9.59 Å². The monoisotopic (exact) mass is 332 g/mol. The molecule has 0 aromatic carbocycles. The summed E-state index contributed by atoms with van der Waals surface area (Å²) in [7, 11) is 0. The Hall–Kier alpha value is -2.15. The second-order valence-corrected chi connectivity index (χ2v) is 6.04. The van der Waals surface area contributed by atoms with E-state index >= 15 is 0 Å². The molecule has 1 aromatic rings. The van der Waals surface area contributed by atoms with Gasteiger partial charge in [0.05, 0.1) is 6.61 Å². The van der Waals surface area contributed by atoms with E-state index in [1.54, 1.807) is 23.2 Å². The summed E-state index contributed by atoms with van der Waals surface area (Å²) >= 11 is 0. The normalized spacial score (nSPS) is 21.0. The van der Waals surface area contributed by atoms with Crippen LogP contribution in [0.2, 0.25) is 0 Å². The van der Waals surface area contributed by atoms with Gasteiger partial charge in [0.2, 0.25) is 11.8 Å². The third kappa shape index (κ3) is 3.36. The van der Waals surface area contributed by atoms with Crippen molar-refractivity contribution >= 4 is 11.8 Å². The number of likely N-dealkylation sites (tertiary alicyclic amines) is 1. The summed E-state index contributed by atoms with van der Waals surface area (Å²) in [5.41, 5.74) is 0.417. The van der Waals surface area contributed by atoms with Crippen molar-refractivity contribution < 1.29 is 14.3 Å². The molecule has 2 aliphatic rings. The first-order valence-electron chi connectivity index (χ1n) is 8.60. The number of nitrogens with one attached hydrogen (secondary N) is 1. The van der Waals surface area contributed by atoms with E-state index in [1.807, 2.05) is 11.8 Å². The Morgan fingerprint density at radius 3 is 2.88 bits per heavy atom. The Labute approximate surface area is 142 Å². The summed E-state index contributed by atoms with van der Waals surface area (Å²) in [6.07, 6.45) is 3.68. The number of aromatic nitrogens is 1. The highest BCUT2D eigenvalue weighted by Crippen LogP contribution is 2.20. The topological polar surface area (TPSA) is 74.8 Å². The van der Waals surface area contributed by atoms with E-state index in [-0.39, 0.29) is 11.8 Å². The van der Waals surface area contributed by atoms with Crippen molar-refractivity contribution in [1.29, 1.82) is 0 Å². The minimum atomic E-state index is -0.459. The van der Waals surface area contributed by atoms with Crippen molar-refractivity contribution in [2.45, 2.75) is 25.8 Å². The number of nitrogens with zero attached hydrogens (tertiary/aromatic N) is 3. The van der Waals surface area contributed by atoms with E-state index in [0.717, 1.165) is 25.9 Å². The van der Waals surface area contributed by atoms with Crippen molar-refractivity contribution in [1.82, 2.24) is 20.1 Å². The maximum Gasteiger partial charge on any atom is 0.260 e. The van der Waals surface area contributed by atoms with Gasteiger partial charge in [0.15, 0.2) is 0 Å². The molecule has 0 unspecified atom stereocenters. The summed E-state index contributed by atoms with van der Waals surface area (Å²) in [6.45, 7) is 5.54. The highest BCUT2D eigenvalue weighted by molar-refractivity contribution is 5.99. The molecule has 3 rings (SSSR count). The number of amides is 2. The smallest absolute Gasteiger partial charge is 0.260 e. The fourth-order valence-corrected chi connectivity index (χ4v) is 3.28. The van der Waals surface area contributed by atoms with Gasteiger partial charge in [0, 0.05) is 38.9 Å². The van der Waals surface area contributed by atoms with Crippen LogP contribution in [-0.4, -0.2) is 72.0 Å². The zero-order chi connectivity index (χ0) is 16.9. The molecule has 2 fully saturated rings. The number of pyridine rings is 1. The van der Waals surface area contributed by atoms with Crippen molar-refractivity contribution in [2.24, 2.45) is 0 Å². The Balaban J connectivity index is 1.82. The largest absolute Gasteiger partial charge is 0.477 e. The van der Waals surface area contributed by atoms with Crippen LogP contribution in [0.25, 0.3) is 0 Å². The van der Waals surface area contributed by atoms with Gasteiger partial charge >= 0.3 is 0 Å². The first-order chi connectivity index (χ1) is 11.7. The lowest BCUT2D eigenvalue weighted by molar-refractivity contribution is -0.135. The molecule has 24 heavy (non-hydrogen) atoms. The molecule has 2 aliphatic heterocycles. The van der Waals surface area contributed by atoms with Gasteiger partial charge in [-0.2, -0.15) is 0 Å². The molecule has 1 atom stereocenters. The van der Waals surface area contributed by atoms with Crippen LogP contribution >= 0.6 is 0 Å². The Bertz CT molecular complexity index is 601. The Morgan fingerprint density at radius 1 is 1.33 bits per heavy atom. The van der Waals surface area contributed by atoms with Gasteiger partial charge in [-0.1, -0.05) is 0 Å². The molecule has 2 saturated heterocycles. The lowest BCUT2D eigenvalue weighted by atomic mass is 10.1. The molecule has 7 heteroatoms. The number of piperazine rings is 1. The minimum absolute atomic E-state index is 0.0369. The predicted molar refractivity (Wildman–Crippen MR) is 88.9 cm³/mol. The van der Waals surface area contributed by atoms with Crippen LogP contribution in [0.15, 0.2) is 18.3 Å². The Morgan fingerprint density at radius 2 is 2.12 bits per heavy atom. The second kappa shape index (κ2) is 7.61. The zero-order valence-electron chi connectivity index (χ0n) is 14.0. The lowest BCUT2D eigenvalue weighted by Crippen LogP contribution is -2.59. The van der Waals surface area contributed by atoms with E-state index in [4.69, 9.17) is 4.74 Å². The third-order valence-corrected chi connectivity index (χ3v) is 4.49. The average Bonchev–Trinajstić information content (AvgIpc) is 3.16. The van der Waals surface area contributed by atoms with Gasteiger partial charge in [0.25, 0.3) is 5.91 Å². The van der Waals surface area contributed by atoms with E-state index in [1.165, 1.54) is 0 Å². The molecule has 0 spiro atoms. The highest BCUT2D eigenvalue weighted by Gasteiger charge is 2.36. The van der Waals surface area contributed by atoms with Crippen LogP contribution < -0.4 is 10.1 Å². The predicted octanol–water partition coefficient (Wildman–Crippen LogP) is 0.517. The summed E-state index contributed by atoms with van der Waals surface area (Å²) in [5, 5.41) is 3.23. The maximum absolute atomic E-state index is 13.0. The average molecular weight is 332 g/mol. The maximum atomic E-state index is 13.0. The summed E-state index contributed by atoms with van der Waals surface area (Å²) in [4.78, 5) is 33.5. The summed E-state index contributed by atoms with van der Waals surface area (Å²) in [5.74, 6) is 0.177. The SMILES string of the molecule is CCOc1ncccc1C(=O)N1CCNC[C@@H]1C(=O)N1CCCC1. The van der Waals surface area contributed by atoms with Crippen molar-refractivity contribution in [3.8, 4) is 5.88 Å². The molecule has 130 valence electrons. The van der Waals surface area contributed by atoms with Gasteiger partial charge < -0.3 is 19.9 Å². The highest BCUT2D eigenvalue weighted by atomic mass is 16.5. The van der Waals surface area contributed by atoms with Crippen LogP contribution in [0.5, 0.6) is 5.88 Å². The molecule has 1 aromatic heterocycles. The van der Waals surface area contributed by atoms with Crippen LogP contribution in [0, 0.1) is 0 Å². The molecule has 0 radical (unpaired) electrons. The van der Waals surface area contributed by atoms with Gasteiger partial charge in [0.1, 0.15) is 11.6 Å². The minimum Gasteiger partial charge on any atom is -0.477 e. The molecule has 0 bridgehead atoms. The van der Waals surface area contributed by atoms with Gasteiger partial charge in [-0.05, 0) is 31.9 Å². The lowest BCUT2D eigenvalue weighted by Gasteiger charge is -2.37. The van der Waals surface area contributed by atoms with E-state index < -0.39 is 6.04 Å².